The molecule has 1 rings (SSSR count). The molecule has 0 saturated carbocycles. The fraction of sp³-hybridized carbons (Fsp3) is 0.438. The van der Waals surface area contributed by atoms with Crippen LogP contribution in [0.1, 0.15) is 25.3 Å². The second-order valence-corrected chi connectivity index (χ2v) is 4.93. The number of hydrogen-bond donors (Lipinski definition) is 1. The Morgan fingerprint density at radius 3 is 2.60 bits per heavy atom. The van der Waals surface area contributed by atoms with Crippen LogP contribution in [0.2, 0.25) is 0 Å². The van der Waals surface area contributed by atoms with E-state index in [9.17, 15) is 9.90 Å². The van der Waals surface area contributed by atoms with E-state index >= 15 is 0 Å². The molecule has 0 amide bonds. The average molecular weight is 283 g/mol. The maximum Gasteiger partial charge on any atom is 1.00 e. The van der Waals surface area contributed by atoms with E-state index < -0.39 is 12.0 Å². The fourth-order valence-corrected chi connectivity index (χ4v) is 1.93. The van der Waals surface area contributed by atoms with Crippen molar-refractivity contribution in [1.29, 1.82) is 0 Å². The molecule has 0 aromatic heterocycles. The molecule has 0 radical (unpaired) electrons. The Bertz CT molecular complexity index is 395. The van der Waals surface area contributed by atoms with E-state index in [1.807, 2.05) is 18.2 Å². The van der Waals surface area contributed by atoms with Crippen LogP contribution in [-0.2, 0) is 11.2 Å². The number of carboxylic acids is 1. The molecule has 3 nitrogen and oxygen atoms in total. The van der Waals surface area contributed by atoms with Crippen LogP contribution in [0.5, 0.6) is 0 Å². The van der Waals surface area contributed by atoms with Gasteiger partial charge in [-0.05, 0) is 37.3 Å². The van der Waals surface area contributed by atoms with Gasteiger partial charge < -0.3 is 15.2 Å². The maximum absolute atomic E-state index is 10.9. The summed E-state index contributed by atoms with van der Waals surface area (Å²) in [6.45, 7) is 6.36. The molecule has 0 aliphatic heterocycles. The SMILES string of the molecule is C=CCC(NCC(C)CCc1ccccc1)C(=O)[O-].[Na+]. The Kier molecular flexibility index (Phi) is 10.8. The summed E-state index contributed by atoms with van der Waals surface area (Å²) in [5.41, 5.74) is 1.32. The van der Waals surface area contributed by atoms with Gasteiger partial charge in [0, 0.05) is 0 Å². The molecule has 4 heteroatoms. The smallest absolute Gasteiger partial charge is 0.548 e. The zero-order valence-electron chi connectivity index (χ0n) is 12.5. The summed E-state index contributed by atoms with van der Waals surface area (Å²) in [7, 11) is 0. The molecule has 2 atom stereocenters. The van der Waals surface area contributed by atoms with Crippen molar-refractivity contribution in [3.63, 3.8) is 0 Å². The van der Waals surface area contributed by atoms with E-state index in [2.05, 4.69) is 31.0 Å². The molecule has 20 heavy (non-hydrogen) atoms. The van der Waals surface area contributed by atoms with Crippen molar-refractivity contribution in [3.05, 3.63) is 48.6 Å². The van der Waals surface area contributed by atoms with Crippen LogP contribution in [0.25, 0.3) is 0 Å². The summed E-state index contributed by atoms with van der Waals surface area (Å²) in [5, 5.41) is 13.9. The summed E-state index contributed by atoms with van der Waals surface area (Å²) >= 11 is 0. The van der Waals surface area contributed by atoms with Crippen molar-refractivity contribution in [2.24, 2.45) is 5.92 Å². The van der Waals surface area contributed by atoms with Gasteiger partial charge in [-0.1, -0.05) is 43.3 Å². The molecule has 0 saturated heterocycles. The van der Waals surface area contributed by atoms with E-state index in [4.69, 9.17) is 0 Å². The predicted molar refractivity (Wildman–Crippen MR) is 75.5 cm³/mol. The molecule has 1 N–H and O–H groups in total. The van der Waals surface area contributed by atoms with E-state index in [1.165, 1.54) is 5.56 Å². The summed E-state index contributed by atoms with van der Waals surface area (Å²) in [6, 6.07) is 9.68. The van der Waals surface area contributed by atoms with Crippen molar-refractivity contribution in [2.75, 3.05) is 6.54 Å². The van der Waals surface area contributed by atoms with E-state index in [-0.39, 0.29) is 29.6 Å². The molecule has 0 aliphatic carbocycles. The van der Waals surface area contributed by atoms with E-state index in [0.717, 1.165) is 12.8 Å². The molecule has 1 aromatic rings. The Balaban J connectivity index is 0.00000361. The minimum Gasteiger partial charge on any atom is -0.548 e. The normalized spacial score (nSPS) is 13.1. The summed E-state index contributed by atoms with van der Waals surface area (Å²) in [4.78, 5) is 10.9. The minimum absolute atomic E-state index is 0. The quantitative estimate of drug-likeness (QED) is 0.445. The number of benzene rings is 1. The van der Waals surface area contributed by atoms with E-state index in [1.54, 1.807) is 6.08 Å². The van der Waals surface area contributed by atoms with Gasteiger partial charge in [0.25, 0.3) is 0 Å². The average Bonchev–Trinajstić information content (AvgIpc) is 2.42. The largest absolute Gasteiger partial charge is 1.00 e. The van der Waals surface area contributed by atoms with Crippen molar-refractivity contribution in [1.82, 2.24) is 5.32 Å². The number of nitrogens with one attached hydrogen (secondary N) is 1. The van der Waals surface area contributed by atoms with Gasteiger partial charge in [0.1, 0.15) is 0 Å². The van der Waals surface area contributed by atoms with Crippen molar-refractivity contribution in [2.45, 2.75) is 32.2 Å². The first-order chi connectivity index (χ1) is 9.13. The number of carboxylic acid groups (broad SMARTS) is 1. The Morgan fingerprint density at radius 2 is 2.05 bits per heavy atom. The predicted octanol–water partition coefficient (Wildman–Crippen LogP) is -1.46. The van der Waals surface area contributed by atoms with Crippen LogP contribution in [-0.4, -0.2) is 18.6 Å². The van der Waals surface area contributed by atoms with Gasteiger partial charge in [0.05, 0.1) is 12.0 Å². The van der Waals surface area contributed by atoms with Crippen molar-refractivity contribution < 1.29 is 39.5 Å². The Morgan fingerprint density at radius 1 is 1.40 bits per heavy atom. The second-order valence-electron chi connectivity index (χ2n) is 4.93. The second kappa shape index (κ2) is 11.1. The molecular weight excluding hydrogens is 261 g/mol. The standard InChI is InChI=1S/C16H23NO2.Na/c1-3-7-15(16(18)19)17-12-13(2)10-11-14-8-5-4-6-9-14;/h3-6,8-9,13,15,17H,1,7,10-12H2,2H3,(H,18,19);/q;+1/p-1. The van der Waals surface area contributed by atoms with Crippen LogP contribution in [0.3, 0.4) is 0 Å². The first-order valence-corrected chi connectivity index (χ1v) is 6.72. The molecule has 0 heterocycles. The van der Waals surface area contributed by atoms with Gasteiger partial charge in [-0.2, -0.15) is 0 Å². The van der Waals surface area contributed by atoms with Crippen LogP contribution >= 0.6 is 0 Å². The van der Waals surface area contributed by atoms with Crippen molar-refractivity contribution >= 4 is 5.97 Å². The van der Waals surface area contributed by atoms with Crippen LogP contribution in [0.4, 0.5) is 0 Å². The molecule has 0 aliphatic rings. The summed E-state index contributed by atoms with van der Waals surface area (Å²) < 4.78 is 0. The van der Waals surface area contributed by atoms with Gasteiger partial charge in [-0.15, -0.1) is 6.58 Å². The first kappa shape index (κ1) is 19.4. The molecule has 1 aromatic carbocycles. The summed E-state index contributed by atoms with van der Waals surface area (Å²) in [6.07, 6.45) is 4.04. The zero-order chi connectivity index (χ0) is 14.1. The number of aryl methyl sites for hydroxylation is 1. The molecule has 0 spiro atoms. The number of carbonyl (C=O) groups excluding carboxylic acids is 1. The molecule has 0 fully saturated rings. The fourth-order valence-electron chi connectivity index (χ4n) is 1.93. The maximum atomic E-state index is 10.9. The van der Waals surface area contributed by atoms with Crippen molar-refractivity contribution in [3.8, 4) is 0 Å². The van der Waals surface area contributed by atoms with Crippen LogP contribution in [0, 0.1) is 5.92 Å². The minimum atomic E-state index is -1.06. The van der Waals surface area contributed by atoms with Crippen LogP contribution in [0.15, 0.2) is 43.0 Å². The third-order valence-electron chi connectivity index (χ3n) is 3.17. The Labute approximate surface area is 143 Å². The molecule has 0 bridgehead atoms. The molecule has 104 valence electrons. The van der Waals surface area contributed by atoms with Crippen LogP contribution < -0.4 is 40.0 Å². The zero-order valence-corrected chi connectivity index (χ0v) is 14.5. The van der Waals surface area contributed by atoms with Gasteiger partial charge in [-0.25, -0.2) is 0 Å². The third kappa shape index (κ3) is 7.85. The summed E-state index contributed by atoms with van der Waals surface area (Å²) in [5.74, 6) is -0.637. The number of carbonyl (C=O) groups is 1. The first-order valence-electron chi connectivity index (χ1n) is 6.72. The Hall–Kier alpha value is -0.610. The third-order valence-corrected chi connectivity index (χ3v) is 3.17. The van der Waals surface area contributed by atoms with Gasteiger partial charge >= 0.3 is 29.6 Å². The monoisotopic (exact) mass is 283 g/mol. The number of hydrogen-bond acceptors (Lipinski definition) is 3. The molecular formula is C16H22NNaO2. The van der Waals surface area contributed by atoms with Gasteiger partial charge in [-0.3, -0.25) is 0 Å². The van der Waals surface area contributed by atoms with E-state index in [0.29, 0.717) is 18.9 Å². The number of rotatable bonds is 9. The van der Waals surface area contributed by atoms with Gasteiger partial charge in [0.2, 0.25) is 0 Å². The molecule has 2 unspecified atom stereocenters. The van der Waals surface area contributed by atoms with Gasteiger partial charge in [0.15, 0.2) is 0 Å². The topological polar surface area (TPSA) is 52.2 Å². The number of aliphatic carboxylic acids is 1.